The number of hydrogen-bond acceptors (Lipinski definition) is 3. The number of nitrogens with one attached hydrogen (secondary N) is 1. The normalized spacial score (nSPS) is 11.8. The number of ether oxygens (including phenoxy) is 1. The molecule has 0 aromatic carbocycles. The zero-order valence-corrected chi connectivity index (χ0v) is 8.04. The number of carbonyl (C=O) groups is 1. The molecule has 0 bridgehead atoms. The molecule has 0 fully saturated rings. The van der Waals surface area contributed by atoms with Crippen molar-refractivity contribution in [2.24, 2.45) is 5.84 Å². The van der Waals surface area contributed by atoms with Gasteiger partial charge in [-0.3, -0.25) is 5.43 Å². The number of hydrogen-bond donors (Lipinski definition) is 2. The summed E-state index contributed by atoms with van der Waals surface area (Å²) in [5, 5.41) is 0. The summed E-state index contributed by atoms with van der Waals surface area (Å²) in [4.78, 5) is 10.6. The Labute approximate surface area is 78.4 Å². The molecule has 74 valence electrons. The molecule has 4 nitrogen and oxygen atoms in total. The minimum absolute atomic E-state index is 0.251. The van der Waals surface area contributed by atoms with Gasteiger partial charge in [-0.05, 0) is 18.9 Å². The van der Waals surface area contributed by atoms with E-state index in [1.807, 2.05) is 37.5 Å². The Morgan fingerprint density at radius 1 is 1.62 bits per heavy atom. The summed E-state index contributed by atoms with van der Waals surface area (Å²) in [6, 6.07) is 0. The zero-order chi connectivity index (χ0) is 10.1. The lowest BCUT2D eigenvalue weighted by molar-refractivity contribution is 0.156. The molecule has 13 heavy (non-hydrogen) atoms. The largest absolute Gasteiger partial charge is 0.444 e. The quantitative estimate of drug-likeness (QED) is 0.301. The van der Waals surface area contributed by atoms with Crippen molar-refractivity contribution in [1.29, 1.82) is 0 Å². The summed E-state index contributed by atoms with van der Waals surface area (Å²) in [6.07, 6.45) is 6.07. The highest BCUT2D eigenvalue weighted by molar-refractivity contribution is 5.66. The fourth-order valence-corrected chi connectivity index (χ4v) is 0.842. The number of hydrazine groups is 1. The smallest absolute Gasteiger partial charge is 0.421 e. The highest BCUT2D eigenvalue weighted by Gasteiger charge is 1.98. The van der Waals surface area contributed by atoms with E-state index in [2.05, 4.69) is 0 Å². The van der Waals surface area contributed by atoms with Gasteiger partial charge in [-0.1, -0.05) is 25.2 Å². The maximum Gasteiger partial charge on any atom is 0.421 e. The lowest BCUT2D eigenvalue weighted by atomic mass is 10.2. The maximum atomic E-state index is 10.6. The average Bonchev–Trinajstić information content (AvgIpc) is 2.14. The van der Waals surface area contributed by atoms with Crippen LogP contribution in [0.15, 0.2) is 23.8 Å². The van der Waals surface area contributed by atoms with E-state index in [1.54, 1.807) is 0 Å². The van der Waals surface area contributed by atoms with Crippen molar-refractivity contribution in [3.8, 4) is 0 Å². The Morgan fingerprint density at radius 2 is 2.31 bits per heavy atom. The molecule has 0 saturated carbocycles. The van der Waals surface area contributed by atoms with E-state index in [1.165, 1.54) is 0 Å². The van der Waals surface area contributed by atoms with Crippen molar-refractivity contribution in [3.05, 3.63) is 23.8 Å². The Kier molecular flexibility index (Phi) is 6.63. The SMILES string of the molecule is C/C=C\C(=C/CC)COC(=O)NN. The molecule has 0 unspecified atom stereocenters. The van der Waals surface area contributed by atoms with Crippen LogP contribution in [0, 0.1) is 0 Å². The third kappa shape index (κ3) is 5.93. The van der Waals surface area contributed by atoms with E-state index >= 15 is 0 Å². The minimum Gasteiger partial charge on any atom is -0.444 e. The second-order valence-electron chi connectivity index (χ2n) is 2.41. The summed E-state index contributed by atoms with van der Waals surface area (Å²) < 4.78 is 4.76. The van der Waals surface area contributed by atoms with Crippen LogP contribution in [0.25, 0.3) is 0 Å². The molecule has 0 aliphatic carbocycles. The number of carbonyl (C=O) groups excluding carboxylic acids is 1. The van der Waals surface area contributed by atoms with Crippen LogP contribution in [-0.4, -0.2) is 12.7 Å². The Balaban J connectivity index is 3.97. The first-order chi connectivity index (χ1) is 6.24. The fourth-order valence-electron chi connectivity index (χ4n) is 0.842. The highest BCUT2D eigenvalue weighted by Crippen LogP contribution is 2.00. The predicted octanol–water partition coefficient (Wildman–Crippen LogP) is 1.50. The number of amides is 1. The van der Waals surface area contributed by atoms with Gasteiger partial charge in [-0.15, -0.1) is 0 Å². The lowest BCUT2D eigenvalue weighted by Gasteiger charge is -2.03. The van der Waals surface area contributed by atoms with Gasteiger partial charge in [0.15, 0.2) is 0 Å². The van der Waals surface area contributed by atoms with E-state index in [4.69, 9.17) is 10.6 Å². The van der Waals surface area contributed by atoms with Gasteiger partial charge in [-0.2, -0.15) is 0 Å². The van der Waals surface area contributed by atoms with Gasteiger partial charge in [0.2, 0.25) is 0 Å². The van der Waals surface area contributed by atoms with Crippen LogP contribution in [0.4, 0.5) is 4.79 Å². The first-order valence-corrected chi connectivity index (χ1v) is 4.19. The van der Waals surface area contributed by atoms with Gasteiger partial charge in [0.1, 0.15) is 6.61 Å². The first-order valence-electron chi connectivity index (χ1n) is 4.19. The summed E-state index contributed by atoms with van der Waals surface area (Å²) in [6.45, 7) is 4.18. The molecule has 0 spiro atoms. The molecule has 4 heteroatoms. The van der Waals surface area contributed by atoms with Crippen LogP contribution in [0.5, 0.6) is 0 Å². The summed E-state index contributed by atoms with van der Waals surface area (Å²) in [7, 11) is 0. The molecule has 0 radical (unpaired) electrons. The van der Waals surface area contributed by atoms with Gasteiger partial charge < -0.3 is 4.74 Å². The summed E-state index contributed by atoms with van der Waals surface area (Å²) in [5.74, 6) is 4.84. The predicted molar refractivity (Wildman–Crippen MR) is 51.9 cm³/mol. The van der Waals surface area contributed by atoms with Crippen LogP contribution >= 0.6 is 0 Å². The standard InChI is InChI=1S/C9H16N2O2/c1-3-5-8(6-4-2)7-13-9(12)11-10/h3,5-6H,4,7,10H2,1-2H3,(H,11,12)/b5-3-,8-6+. The molecule has 0 heterocycles. The van der Waals surface area contributed by atoms with Crippen molar-refractivity contribution in [1.82, 2.24) is 5.43 Å². The molecule has 0 aromatic heterocycles. The van der Waals surface area contributed by atoms with E-state index in [-0.39, 0.29) is 6.61 Å². The van der Waals surface area contributed by atoms with Crippen LogP contribution in [0.3, 0.4) is 0 Å². The molecule has 1 amide bonds. The van der Waals surface area contributed by atoms with Gasteiger partial charge in [0.05, 0.1) is 0 Å². The van der Waals surface area contributed by atoms with Crippen LogP contribution < -0.4 is 11.3 Å². The summed E-state index contributed by atoms with van der Waals surface area (Å²) in [5.41, 5.74) is 2.86. The van der Waals surface area contributed by atoms with Gasteiger partial charge in [0, 0.05) is 0 Å². The van der Waals surface area contributed by atoms with E-state index in [9.17, 15) is 4.79 Å². The first kappa shape index (κ1) is 11.7. The Morgan fingerprint density at radius 3 is 2.77 bits per heavy atom. The molecular formula is C9H16N2O2. The monoisotopic (exact) mass is 184 g/mol. The molecule has 0 aromatic rings. The molecule has 0 aliphatic heterocycles. The second kappa shape index (κ2) is 7.36. The lowest BCUT2D eigenvalue weighted by Crippen LogP contribution is -2.31. The van der Waals surface area contributed by atoms with Crippen LogP contribution in [0.1, 0.15) is 20.3 Å². The third-order valence-electron chi connectivity index (χ3n) is 1.33. The maximum absolute atomic E-state index is 10.6. The van der Waals surface area contributed by atoms with Crippen molar-refractivity contribution in [2.75, 3.05) is 6.61 Å². The van der Waals surface area contributed by atoms with Crippen molar-refractivity contribution in [3.63, 3.8) is 0 Å². The molecule has 0 rings (SSSR count). The van der Waals surface area contributed by atoms with Crippen LogP contribution in [-0.2, 0) is 4.74 Å². The highest BCUT2D eigenvalue weighted by atomic mass is 16.5. The minimum atomic E-state index is -0.619. The van der Waals surface area contributed by atoms with E-state index in [0.717, 1.165) is 12.0 Å². The number of nitrogens with two attached hydrogens (primary N) is 1. The van der Waals surface area contributed by atoms with Crippen LogP contribution in [0.2, 0.25) is 0 Å². The molecule has 3 N–H and O–H groups in total. The fraction of sp³-hybridized carbons (Fsp3) is 0.444. The van der Waals surface area contributed by atoms with Crippen molar-refractivity contribution in [2.45, 2.75) is 20.3 Å². The van der Waals surface area contributed by atoms with Gasteiger partial charge in [-0.25, -0.2) is 10.6 Å². The van der Waals surface area contributed by atoms with E-state index in [0.29, 0.717) is 0 Å². The van der Waals surface area contributed by atoms with Gasteiger partial charge >= 0.3 is 6.09 Å². The second-order valence-corrected chi connectivity index (χ2v) is 2.41. The van der Waals surface area contributed by atoms with Gasteiger partial charge in [0.25, 0.3) is 0 Å². The number of allylic oxidation sites excluding steroid dienone is 2. The summed E-state index contributed by atoms with van der Waals surface area (Å²) >= 11 is 0. The average molecular weight is 184 g/mol. The molecule has 0 saturated heterocycles. The topological polar surface area (TPSA) is 64.3 Å². The molecule has 0 aliphatic rings. The number of rotatable bonds is 4. The Hall–Kier alpha value is -1.29. The molecule has 0 atom stereocenters. The zero-order valence-electron chi connectivity index (χ0n) is 8.04. The van der Waals surface area contributed by atoms with Crippen molar-refractivity contribution < 1.29 is 9.53 Å². The third-order valence-corrected chi connectivity index (χ3v) is 1.33. The van der Waals surface area contributed by atoms with Crippen molar-refractivity contribution >= 4 is 6.09 Å². The van der Waals surface area contributed by atoms with E-state index < -0.39 is 6.09 Å². The Bertz CT molecular complexity index is 210. The molecular weight excluding hydrogens is 168 g/mol.